The number of hydrogen-bond acceptors (Lipinski definition) is 3. The highest BCUT2D eigenvalue weighted by molar-refractivity contribution is 5.39. The van der Waals surface area contributed by atoms with Crippen LogP contribution in [0.15, 0.2) is 30.9 Å². The van der Waals surface area contributed by atoms with E-state index in [2.05, 4.69) is 11.9 Å². The monoisotopic (exact) mass is 303 g/mol. The van der Waals surface area contributed by atoms with E-state index >= 15 is 0 Å². The van der Waals surface area contributed by atoms with Crippen LogP contribution in [-0.4, -0.2) is 26.4 Å². The van der Waals surface area contributed by atoms with Crippen LogP contribution in [0.5, 0.6) is 5.75 Å². The molecule has 0 fully saturated rings. The lowest BCUT2D eigenvalue weighted by Gasteiger charge is -2.17. The lowest BCUT2D eigenvalue weighted by Crippen LogP contribution is -2.19. The van der Waals surface area contributed by atoms with Gasteiger partial charge in [-0.2, -0.15) is 13.2 Å². The summed E-state index contributed by atoms with van der Waals surface area (Å²) in [6.45, 7) is 6.54. The Morgan fingerprint density at radius 2 is 2.10 bits per heavy atom. The van der Waals surface area contributed by atoms with Crippen LogP contribution in [0.2, 0.25) is 0 Å². The maximum atomic E-state index is 13.1. The van der Waals surface area contributed by atoms with E-state index in [0.717, 1.165) is 6.07 Å². The van der Waals surface area contributed by atoms with Gasteiger partial charge in [0.05, 0.1) is 12.2 Å². The predicted octanol–water partition coefficient (Wildman–Crippen LogP) is 3.39. The molecule has 1 rings (SSSR count). The van der Waals surface area contributed by atoms with Gasteiger partial charge in [0.2, 0.25) is 0 Å². The highest BCUT2D eigenvalue weighted by atomic mass is 19.4. The van der Waals surface area contributed by atoms with Crippen molar-refractivity contribution in [2.45, 2.75) is 25.7 Å². The number of methoxy groups -OCH3 is 1. The van der Waals surface area contributed by atoms with Crippen molar-refractivity contribution in [3.63, 3.8) is 0 Å². The molecule has 0 bridgehead atoms. The van der Waals surface area contributed by atoms with Crippen LogP contribution >= 0.6 is 0 Å². The molecule has 0 radical (unpaired) electrons. The molecule has 0 spiro atoms. The number of hydrogen-bond donors (Lipinski definition) is 1. The zero-order valence-corrected chi connectivity index (χ0v) is 12.2. The molecule has 0 aromatic heterocycles. The summed E-state index contributed by atoms with van der Waals surface area (Å²) in [6.07, 6.45) is -3.50. The second kappa shape index (κ2) is 8.05. The SMILES string of the molecule is C=CC(C)Oc1ccc(CNCCOC)cc1C(F)(F)F. The Labute approximate surface area is 122 Å². The van der Waals surface area contributed by atoms with Crippen molar-refractivity contribution in [2.24, 2.45) is 0 Å². The summed E-state index contributed by atoms with van der Waals surface area (Å²) in [6, 6.07) is 4.06. The fourth-order valence-electron chi connectivity index (χ4n) is 1.67. The van der Waals surface area contributed by atoms with Crippen molar-refractivity contribution >= 4 is 0 Å². The van der Waals surface area contributed by atoms with Crippen molar-refractivity contribution in [3.05, 3.63) is 42.0 Å². The fraction of sp³-hybridized carbons (Fsp3) is 0.467. The molecule has 21 heavy (non-hydrogen) atoms. The van der Waals surface area contributed by atoms with E-state index < -0.39 is 17.8 Å². The van der Waals surface area contributed by atoms with Crippen molar-refractivity contribution in [2.75, 3.05) is 20.3 Å². The Morgan fingerprint density at radius 1 is 1.38 bits per heavy atom. The molecule has 0 saturated carbocycles. The number of nitrogens with one attached hydrogen (secondary N) is 1. The van der Waals surface area contributed by atoms with E-state index in [1.165, 1.54) is 12.1 Å². The third kappa shape index (κ3) is 5.77. The summed E-state index contributed by atoms with van der Waals surface area (Å²) in [5.74, 6) is -0.185. The van der Waals surface area contributed by atoms with E-state index in [-0.39, 0.29) is 5.75 Å². The number of rotatable bonds is 8. The van der Waals surface area contributed by atoms with Crippen LogP contribution in [0.3, 0.4) is 0 Å². The van der Waals surface area contributed by atoms with Gasteiger partial charge in [0, 0.05) is 20.2 Å². The van der Waals surface area contributed by atoms with Gasteiger partial charge in [-0.25, -0.2) is 0 Å². The lowest BCUT2D eigenvalue weighted by molar-refractivity contribution is -0.139. The quantitative estimate of drug-likeness (QED) is 0.590. The Hall–Kier alpha value is -1.53. The molecular weight excluding hydrogens is 283 g/mol. The third-order valence-corrected chi connectivity index (χ3v) is 2.81. The van der Waals surface area contributed by atoms with Crippen LogP contribution in [-0.2, 0) is 17.5 Å². The highest BCUT2D eigenvalue weighted by Gasteiger charge is 2.34. The van der Waals surface area contributed by atoms with E-state index in [0.29, 0.717) is 25.3 Å². The molecule has 0 aliphatic carbocycles. The van der Waals surface area contributed by atoms with E-state index in [9.17, 15) is 13.2 Å². The molecule has 0 saturated heterocycles. The maximum Gasteiger partial charge on any atom is 0.419 e. The first-order chi connectivity index (χ1) is 9.88. The molecule has 1 N–H and O–H groups in total. The topological polar surface area (TPSA) is 30.5 Å². The minimum Gasteiger partial charge on any atom is -0.486 e. The van der Waals surface area contributed by atoms with E-state index in [1.807, 2.05) is 0 Å². The van der Waals surface area contributed by atoms with Gasteiger partial charge in [0.25, 0.3) is 0 Å². The third-order valence-electron chi connectivity index (χ3n) is 2.81. The van der Waals surface area contributed by atoms with Crippen LogP contribution in [0.25, 0.3) is 0 Å². The van der Waals surface area contributed by atoms with Crippen LogP contribution in [0, 0.1) is 0 Å². The van der Waals surface area contributed by atoms with Crippen LogP contribution in [0.1, 0.15) is 18.1 Å². The van der Waals surface area contributed by atoms with Crippen LogP contribution < -0.4 is 10.1 Å². The minimum absolute atomic E-state index is 0.185. The van der Waals surface area contributed by atoms with Gasteiger partial charge >= 0.3 is 6.18 Å². The van der Waals surface area contributed by atoms with Crippen molar-refractivity contribution in [1.29, 1.82) is 0 Å². The summed E-state index contributed by atoms with van der Waals surface area (Å²) >= 11 is 0. The van der Waals surface area contributed by atoms with Gasteiger partial charge in [-0.05, 0) is 24.6 Å². The molecule has 0 aliphatic heterocycles. The summed E-state index contributed by atoms with van der Waals surface area (Å²) in [5, 5.41) is 3.00. The summed E-state index contributed by atoms with van der Waals surface area (Å²) in [7, 11) is 1.57. The zero-order valence-electron chi connectivity index (χ0n) is 12.2. The Bertz CT molecular complexity index is 461. The molecule has 1 aromatic carbocycles. The average Bonchev–Trinajstić information content (AvgIpc) is 2.43. The average molecular weight is 303 g/mol. The number of benzene rings is 1. The minimum atomic E-state index is -4.46. The molecule has 3 nitrogen and oxygen atoms in total. The second-order valence-corrected chi connectivity index (χ2v) is 4.56. The number of ether oxygens (including phenoxy) is 2. The number of alkyl halides is 3. The van der Waals surface area contributed by atoms with Gasteiger partial charge in [-0.3, -0.25) is 0 Å². The molecule has 0 amide bonds. The molecule has 1 aromatic rings. The molecule has 0 heterocycles. The van der Waals surface area contributed by atoms with Gasteiger partial charge in [0.15, 0.2) is 0 Å². The molecule has 0 aliphatic rings. The fourth-order valence-corrected chi connectivity index (χ4v) is 1.67. The first-order valence-corrected chi connectivity index (χ1v) is 6.57. The molecule has 6 heteroatoms. The standard InChI is InChI=1S/C15H20F3NO2/c1-4-11(2)21-14-6-5-12(10-19-7-8-20-3)9-13(14)15(16,17)18/h4-6,9,11,19H,1,7-8,10H2,2-3H3. The lowest BCUT2D eigenvalue weighted by atomic mass is 10.1. The van der Waals surface area contributed by atoms with Crippen molar-refractivity contribution in [1.82, 2.24) is 5.32 Å². The first-order valence-electron chi connectivity index (χ1n) is 6.57. The van der Waals surface area contributed by atoms with Gasteiger partial charge in [-0.1, -0.05) is 18.7 Å². The first kappa shape index (κ1) is 17.5. The second-order valence-electron chi connectivity index (χ2n) is 4.56. The van der Waals surface area contributed by atoms with E-state index in [1.54, 1.807) is 20.1 Å². The zero-order chi connectivity index (χ0) is 15.9. The smallest absolute Gasteiger partial charge is 0.419 e. The molecular formula is C15H20F3NO2. The Kier molecular flexibility index (Phi) is 6.71. The van der Waals surface area contributed by atoms with E-state index in [4.69, 9.17) is 9.47 Å². The maximum absolute atomic E-state index is 13.1. The molecule has 1 unspecified atom stereocenters. The highest BCUT2D eigenvalue weighted by Crippen LogP contribution is 2.37. The summed E-state index contributed by atoms with van der Waals surface area (Å²) in [4.78, 5) is 0. The molecule has 118 valence electrons. The van der Waals surface area contributed by atoms with Crippen LogP contribution in [0.4, 0.5) is 13.2 Å². The normalized spacial score (nSPS) is 13.0. The Morgan fingerprint density at radius 3 is 2.67 bits per heavy atom. The van der Waals surface area contributed by atoms with Gasteiger partial charge in [0.1, 0.15) is 11.9 Å². The van der Waals surface area contributed by atoms with Crippen molar-refractivity contribution in [3.8, 4) is 5.75 Å². The summed E-state index contributed by atoms with van der Waals surface area (Å²) < 4.78 is 49.3. The largest absolute Gasteiger partial charge is 0.486 e. The number of halogens is 3. The van der Waals surface area contributed by atoms with Crippen molar-refractivity contribution < 1.29 is 22.6 Å². The summed E-state index contributed by atoms with van der Waals surface area (Å²) in [5.41, 5.74) is -0.237. The predicted molar refractivity (Wildman–Crippen MR) is 75.3 cm³/mol. The molecule has 1 atom stereocenters. The Balaban J connectivity index is 2.88. The van der Waals surface area contributed by atoms with Gasteiger partial charge in [-0.15, -0.1) is 0 Å². The van der Waals surface area contributed by atoms with Gasteiger partial charge < -0.3 is 14.8 Å².